The minimum atomic E-state index is 0.654. The van der Waals surface area contributed by atoms with Gasteiger partial charge in [0.1, 0.15) is 12.0 Å². The van der Waals surface area contributed by atoms with Gasteiger partial charge in [-0.05, 0) is 52.9 Å². The van der Waals surface area contributed by atoms with Crippen molar-refractivity contribution in [2.45, 2.75) is 26.7 Å². The highest BCUT2D eigenvalue weighted by Gasteiger charge is 2.02. The van der Waals surface area contributed by atoms with Crippen LogP contribution in [0.25, 0.3) is 0 Å². The Labute approximate surface area is 105 Å². The van der Waals surface area contributed by atoms with E-state index in [9.17, 15) is 4.79 Å². The Morgan fingerprint density at radius 2 is 2.19 bits per heavy atom. The molecule has 0 N–H and O–H groups in total. The molecule has 0 amide bonds. The summed E-state index contributed by atoms with van der Waals surface area (Å²) in [5, 5.41) is 0. The summed E-state index contributed by atoms with van der Waals surface area (Å²) in [4.78, 5) is 10.5. The second-order valence-electron chi connectivity index (χ2n) is 4.19. The molecule has 0 bridgehead atoms. The SMILES string of the molecule is CC(C)CCCOc1ccc(C=O)cc1Br. The third-order valence-corrected chi connectivity index (χ3v) is 2.90. The Morgan fingerprint density at radius 3 is 2.75 bits per heavy atom. The monoisotopic (exact) mass is 284 g/mol. The van der Waals surface area contributed by atoms with Crippen LogP contribution in [-0.2, 0) is 0 Å². The number of hydrogen-bond donors (Lipinski definition) is 0. The maximum absolute atomic E-state index is 10.5. The zero-order valence-electron chi connectivity index (χ0n) is 9.70. The maximum Gasteiger partial charge on any atom is 0.150 e. The molecule has 0 aliphatic heterocycles. The summed E-state index contributed by atoms with van der Waals surface area (Å²) in [5.74, 6) is 1.51. The number of carbonyl (C=O) groups excluding carboxylic acids is 1. The average Bonchev–Trinajstić information content (AvgIpc) is 2.25. The van der Waals surface area contributed by atoms with Crippen molar-refractivity contribution in [2.24, 2.45) is 5.92 Å². The number of halogens is 1. The second kappa shape index (κ2) is 6.69. The van der Waals surface area contributed by atoms with Crippen LogP contribution in [0.3, 0.4) is 0 Å². The van der Waals surface area contributed by atoms with Gasteiger partial charge < -0.3 is 4.74 Å². The van der Waals surface area contributed by atoms with E-state index >= 15 is 0 Å². The number of aldehydes is 1. The second-order valence-corrected chi connectivity index (χ2v) is 5.05. The van der Waals surface area contributed by atoms with Gasteiger partial charge in [0.25, 0.3) is 0 Å². The fourth-order valence-corrected chi connectivity index (χ4v) is 1.89. The topological polar surface area (TPSA) is 26.3 Å². The molecule has 16 heavy (non-hydrogen) atoms. The van der Waals surface area contributed by atoms with E-state index in [1.807, 2.05) is 6.07 Å². The lowest BCUT2D eigenvalue weighted by molar-refractivity contribution is 0.112. The lowest BCUT2D eigenvalue weighted by atomic mass is 10.1. The third kappa shape index (κ3) is 4.35. The van der Waals surface area contributed by atoms with Crippen LogP contribution in [0.2, 0.25) is 0 Å². The Hall–Kier alpha value is -0.830. The van der Waals surface area contributed by atoms with Crippen molar-refractivity contribution in [3.63, 3.8) is 0 Å². The van der Waals surface area contributed by atoms with Gasteiger partial charge in [-0.25, -0.2) is 0 Å². The molecule has 3 heteroatoms. The van der Waals surface area contributed by atoms with Crippen LogP contribution < -0.4 is 4.74 Å². The van der Waals surface area contributed by atoms with E-state index in [2.05, 4.69) is 29.8 Å². The smallest absolute Gasteiger partial charge is 0.150 e. The zero-order chi connectivity index (χ0) is 12.0. The Kier molecular flexibility index (Phi) is 5.53. The van der Waals surface area contributed by atoms with Crippen molar-refractivity contribution in [3.05, 3.63) is 28.2 Å². The van der Waals surface area contributed by atoms with Gasteiger partial charge in [-0.2, -0.15) is 0 Å². The van der Waals surface area contributed by atoms with E-state index in [0.29, 0.717) is 11.5 Å². The largest absolute Gasteiger partial charge is 0.492 e. The summed E-state index contributed by atoms with van der Waals surface area (Å²) in [5.41, 5.74) is 0.654. The molecule has 0 atom stereocenters. The van der Waals surface area contributed by atoms with Crippen LogP contribution in [-0.4, -0.2) is 12.9 Å². The molecule has 1 aromatic rings. The van der Waals surface area contributed by atoms with Crippen molar-refractivity contribution >= 4 is 22.2 Å². The lowest BCUT2D eigenvalue weighted by Crippen LogP contribution is -2.00. The molecular formula is C13H17BrO2. The summed E-state index contributed by atoms with van der Waals surface area (Å²) in [6, 6.07) is 5.35. The van der Waals surface area contributed by atoms with Gasteiger partial charge in [0.2, 0.25) is 0 Å². The Bertz CT molecular complexity index is 348. The first-order valence-electron chi connectivity index (χ1n) is 5.51. The third-order valence-electron chi connectivity index (χ3n) is 2.28. The summed E-state index contributed by atoms with van der Waals surface area (Å²) < 4.78 is 6.46. The van der Waals surface area contributed by atoms with Gasteiger partial charge in [0.15, 0.2) is 0 Å². The quantitative estimate of drug-likeness (QED) is 0.581. The first-order chi connectivity index (χ1) is 7.63. The van der Waals surface area contributed by atoms with Crippen LogP contribution in [0.5, 0.6) is 5.75 Å². The highest BCUT2D eigenvalue weighted by atomic mass is 79.9. The highest BCUT2D eigenvalue weighted by molar-refractivity contribution is 9.10. The van der Waals surface area contributed by atoms with Gasteiger partial charge in [-0.1, -0.05) is 13.8 Å². The fraction of sp³-hybridized carbons (Fsp3) is 0.462. The van der Waals surface area contributed by atoms with Crippen molar-refractivity contribution in [2.75, 3.05) is 6.61 Å². The molecule has 0 saturated heterocycles. The van der Waals surface area contributed by atoms with E-state index in [0.717, 1.165) is 29.5 Å². The molecule has 0 spiro atoms. The molecule has 0 radical (unpaired) electrons. The van der Waals surface area contributed by atoms with E-state index < -0.39 is 0 Å². The van der Waals surface area contributed by atoms with Gasteiger partial charge in [-0.3, -0.25) is 4.79 Å². The maximum atomic E-state index is 10.5. The number of benzene rings is 1. The summed E-state index contributed by atoms with van der Waals surface area (Å²) >= 11 is 3.39. The van der Waals surface area contributed by atoms with Crippen molar-refractivity contribution in [1.82, 2.24) is 0 Å². The Balaban J connectivity index is 2.45. The fourth-order valence-electron chi connectivity index (χ4n) is 1.38. The molecule has 0 unspecified atom stereocenters. The van der Waals surface area contributed by atoms with Crippen LogP contribution in [0.4, 0.5) is 0 Å². The molecule has 0 heterocycles. The minimum Gasteiger partial charge on any atom is -0.492 e. The molecule has 1 rings (SSSR count). The first-order valence-corrected chi connectivity index (χ1v) is 6.30. The summed E-state index contributed by atoms with van der Waals surface area (Å²) in [6.45, 7) is 5.13. The van der Waals surface area contributed by atoms with Crippen LogP contribution >= 0.6 is 15.9 Å². The molecule has 0 aliphatic carbocycles. The van der Waals surface area contributed by atoms with E-state index in [1.54, 1.807) is 12.1 Å². The number of carbonyl (C=O) groups is 1. The molecule has 1 aromatic carbocycles. The van der Waals surface area contributed by atoms with Crippen molar-refractivity contribution in [3.8, 4) is 5.75 Å². The van der Waals surface area contributed by atoms with Crippen LogP contribution in [0, 0.1) is 5.92 Å². The first kappa shape index (κ1) is 13.2. The molecule has 0 fully saturated rings. The highest BCUT2D eigenvalue weighted by Crippen LogP contribution is 2.25. The van der Waals surface area contributed by atoms with Gasteiger partial charge in [0, 0.05) is 5.56 Å². The van der Waals surface area contributed by atoms with E-state index in [-0.39, 0.29) is 0 Å². The summed E-state index contributed by atoms with van der Waals surface area (Å²) in [7, 11) is 0. The van der Waals surface area contributed by atoms with Crippen LogP contribution in [0.1, 0.15) is 37.0 Å². The lowest BCUT2D eigenvalue weighted by Gasteiger charge is -2.09. The molecular weight excluding hydrogens is 268 g/mol. The average molecular weight is 285 g/mol. The number of rotatable bonds is 6. The van der Waals surface area contributed by atoms with Crippen molar-refractivity contribution < 1.29 is 9.53 Å². The normalized spacial score (nSPS) is 10.5. The zero-order valence-corrected chi connectivity index (χ0v) is 11.3. The summed E-state index contributed by atoms with van der Waals surface area (Å²) in [6.07, 6.45) is 3.05. The van der Waals surface area contributed by atoms with E-state index in [1.165, 1.54) is 6.42 Å². The standard InChI is InChI=1S/C13H17BrO2/c1-10(2)4-3-7-16-13-6-5-11(9-15)8-12(13)14/h5-6,8-10H,3-4,7H2,1-2H3. The van der Waals surface area contributed by atoms with Gasteiger partial charge in [0.05, 0.1) is 11.1 Å². The minimum absolute atomic E-state index is 0.654. The van der Waals surface area contributed by atoms with Crippen molar-refractivity contribution in [1.29, 1.82) is 0 Å². The molecule has 0 aromatic heterocycles. The predicted molar refractivity (Wildman–Crippen MR) is 69.1 cm³/mol. The predicted octanol–water partition coefficient (Wildman–Crippen LogP) is 4.08. The molecule has 2 nitrogen and oxygen atoms in total. The van der Waals surface area contributed by atoms with Gasteiger partial charge >= 0.3 is 0 Å². The Morgan fingerprint density at radius 1 is 1.44 bits per heavy atom. The number of ether oxygens (including phenoxy) is 1. The number of hydrogen-bond acceptors (Lipinski definition) is 2. The van der Waals surface area contributed by atoms with Crippen LogP contribution in [0.15, 0.2) is 22.7 Å². The van der Waals surface area contributed by atoms with E-state index in [4.69, 9.17) is 4.74 Å². The van der Waals surface area contributed by atoms with Gasteiger partial charge in [-0.15, -0.1) is 0 Å². The molecule has 0 saturated carbocycles. The molecule has 0 aliphatic rings. The molecule has 88 valence electrons.